The van der Waals surface area contributed by atoms with E-state index < -0.39 is 12.2 Å². The average Bonchev–Trinajstić information content (AvgIpc) is 2.20. The number of aliphatic hydroxyl groups excluding tert-OH is 2. The van der Waals surface area contributed by atoms with Crippen LogP contribution in [-0.4, -0.2) is 21.6 Å². The van der Waals surface area contributed by atoms with E-state index >= 15 is 0 Å². The fraction of sp³-hybridized carbons (Fsp3) is 0.333. The van der Waals surface area contributed by atoms with Crippen LogP contribution in [0.1, 0.15) is 11.7 Å². The van der Waals surface area contributed by atoms with Gasteiger partial charge in [-0.25, -0.2) is 0 Å². The van der Waals surface area contributed by atoms with E-state index in [2.05, 4.69) is 31.9 Å². The predicted molar refractivity (Wildman–Crippen MR) is 63.9 cm³/mol. The van der Waals surface area contributed by atoms with E-state index in [0.717, 1.165) is 4.47 Å². The van der Waals surface area contributed by atoms with Crippen molar-refractivity contribution in [3.63, 3.8) is 0 Å². The number of benzene rings is 1. The van der Waals surface area contributed by atoms with Crippen LogP contribution in [0.5, 0.6) is 0 Å². The van der Waals surface area contributed by atoms with E-state index in [0.29, 0.717) is 15.9 Å². The SMILES string of the molecule is OC(CBr)C(O)c1ccc(Br)c(Cl)c1. The number of rotatable bonds is 3. The van der Waals surface area contributed by atoms with Crippen molar-refractivity contribution in [2.75, 3.05) is 5.33 Å². The van der Waals surface area contributed by atoms with Crippen LogP contribution >= 0.6 is 43.5 Å². The molecule has 0 aliphatic rings. The molecule has 0 spiro atoms. The number of halogens is 3. The van der Waals surface area contributed by atoms with Crippen molar-refractivity contribution in [3.05, 3.63) is 33.3 Å². The highest BCUT2D eigenvalue weighted by molar-refractivity contribution is 9.10. The molecule has 0 fully saturated rings. The summed E-state index contributed by atoms with van der Waals surface area (Å²) in [5, 5.41) is 19.9. The van der Waals surface area contributed by atoms with Gasteiger partial charge in [0, 0.05) is 9.80 Å². The van der Waals surface area contributed by atoms with E-state index in [-0.39, 0.29) is 0 Å². The maximum absolute atomic E-state index is 9.65. The van der Waals surface area contributed by atoms with Crippen LogP contribution in [0.25, 0.3) is 0 Å². The molecule has 0 amide bonds. The second-order valence-electron chi connectivity index (χ2n) is 2.84. The topological polar surface area (TPSA) is 40.5 Å². The molecule has 0 heterocycles. The average molecular weight is 344 g/mol. The molecular weight excluding hydrogens is 335 g/mol. The quantitative estimate of drug-likeness (QED) is 0.828. The molecule has 2 unspecified atom stereocenters. The van der Waals surface area contributed by atoms with Gasteiger partial charge in [0.15, 0.2) is 0 Å². The summed E-state index contributed by atoms with van der Waals surface area (Å²) in [6, 6.07) is 5.08. The molecule has 1 aromatic rings. The van der Waals surface area contributed by atoms with E-state index in [1.54, 1.807) is 18.2 Å². The van der Waals surface area contributed by atoms with Gasteiger partial charge in [-0.3, -0.25) is 0 Å². The summed E-state index contributed by atoms with van der Waals surface area (Å²) in [6.45, 7) is 0. The molecule has 2 nitrogen and oxygen atoms in total. The Bertz CT molecular complexity index is 320. The lowest BCUT2D eigenvalue weighted by Crippen LogP contribution is -2.19. The number of aliphatic hydroxyl groups is 2. The van der Waals surface area contributed by atoms with Crippen molar-refractivity contribution >= 4 is 43.5 Å². The molecule has 0 saturated heterocycles. The summed E-state index contributed by atoms with van der Waals surface area (Å²) in [5.74, 6) is 0. The van der Waals surface area contributed by atoms with Gasteiger partial charge in [-0.05, 0) is 33.6 Å². The summed E-state index contributed by atoms with van der Waals surface area (Å²) >= 11 is 12.2. The van der Waals surface area contributed by atoms with Gasteiger partial charge in [0.2, 0.25) is 0 Å². The lowest BCUT2D eigenvalue weighted by molar-refractivity contribution is 0.0343. The first-order valence-corrected chi connectivity index (χ1v) is 6.22. The third-order valence-electron chi connectivity index (χ3n) is 1.81. The molecule has 5 heteroatoms. The smallest absolute Gasteiger partial charge is 0.106 e. The zero-order valence-corrected chi connectivity index (χ0v) is 11.1. The molecule has 0 aromatic heterocycles. The standard InChI is InChI=1S/C9H9Br2ClO2/c10-4-8(13)9(14)5-1-2-6(11)7(12)3-5/h1-3,8-9,13-14H,4H2. The molecule has 0 radical (unpaired) electrons. The summed E-state index contributed by atoms with van der Waals surface area (Å²) in [5.41, 5.74) is 0.602. The molecule has 2 atom stereocenters. The second-order valence-corrected chi connectivity index (χ2v) is 4.75. The van der Waals surface area contributed by atoms with Gasteiger partial charge in [-0.15, -0.1) is 0 Å². The molecular formula is C9H9Br2ClO2. The Morgan fingerprint density at radius 3 is 2.50 bits per heavy atom. The fourth-order valence-electron chi connectivity index (χ4n) is 1.00. The number of hydrogen-bond donors (Lipinski definition) is 2. The van der Waals surface area contributed by atoms with E-state index in [4.69, 9.17) is 11.6 Å². The van der Waals surface area contributed by atoms with E-state index in [1.165, 1.54) is 0 Å². The van der Waals surface area contributed by atoms with Crippen LogP contribution in [0.4, 0.5) is 0 Å². The third kappa shape index (κ3) is 2.94. The van der Waals surface area contributed by atoms with Crippen LogP contribution in [0.2, 0.25) is 5.02 Å². The lowest BCUT2D eigenvalue weighted by Gasteiger charge is -2.16. The van der Waals surface area contributed by atoms with Crippen molar-refractivity contribution in [2.24, 2.45) is 0 Å². The first-order chi connectivity index (χ1) is 6.56. The van der Waals surface area contributed by atoms with Gasteiger partial charge in [0.05, 0.1) is 11.1 Å². The number of hydrogen-bond acceptors (Lipinski definition) is 2. The van der Waals surface area contributed by atoms with Gasteiger partial charge in [0.25, 0.3) is 0 Å². The minimum absolute atomic E-state index is 0.321. The van der Waals surface area contributed by atoms with Gasteiger partial charge >= 0.3 is 0 Å². The Morgan fingerprint density at radius 2 is 2.00 bits per heavy atom. The molecule has 78 valence electrons. The zero-order valence-electron chi connectivity index (χ0n) is 7.12. The van der Waals surface area contributed by atoms with Crippen molar-refractivity contribution in [2.45, 2.75) is 12.2 Å². The van der Waals surface area contributed by atoms with Crippen LogP contribution in [0, 0.1) is 0 Å². The Balaban J connectivity index is 2.91. The van der Waals surface area contributed by atoms with Gasteiger partial charge in [-0.2, -0.15) is 0 Å². The fourth-order valence-corrected chi connectivity index (χ4v) is 1.79. The number of alkyl halides is 1. The maximum Gasteiger partial charge on any atom is 0.106 e. The largest absolute Gasteiger partial charge is 0.389 e. The first-order valence-electron chi connectivity index (χ1n) is 3.93. The highest BCUT2D eigenvalue weighted by Gasteiger charge is 2.17. The molecule has 0 aliphatic carbocycles. The van der Waals surface area contributed by atoms with Gasteiger partial charge in [0.1, 0.15) is 6.10 Å². The van der Waals surface area contributed by atoms with Gasteiger partial charge < -0.3 is 10.2 Å². The monoisotopic (exact) mass is 342 g/mol. The Kier molecular flexibility index (Phi) is 4.87. The van der Waals surface area contributed by atoms with E-state index in [9.17, 15) is 10.2 Å². The minimum atomic E-state index is -0.917. The molecule has 0 saturated carbocycles. The summed E-state index contributed by atoms with van der Waals surface area (Å²) in [4.78, 5) is 0. The lowest BCUT2D eigenvalue weighted by atomic mass is 10.1. The van der Waals surface area contributed by atoms with Crippen LogP contribution in [-0.2, 0) is 0 Å². The third-order valence-corrected chi connectivity index (χ3v) is 3.70. The van der Waals surface area contributed by atoms with Crippen molar-refractivity contribution in [1.82, 2.24) is 0 Å². The second kappa shape index (κ2) is 5.47. The first kappa shape index (κ1) is 12.5. The molecule has 1 aromatic carbocycles. The molecule has 2 N–H and O–H groups in total. The molecule has 0 aliphatic heterocycles. The molecule has 1 rings (SSSR count). The van der Waals surface area contributed by atoms with Crippen LogP contribution in [0.3, 0.4) is 0 Å². The Labute approximate surface area is 104 Å². The summed E-state index contributed by atoms with van der Waals surface area (Å²) in [6.07, 6.45) is -1.74. The van der Waals surface area contributed by atoms with Crippen molar-refractivity contribution in [1.29, 1.82) is 0 Å². The van der Waals surface area contributed by atoms with Gasteiger partial charge in [-0.1, -0.05) is 33.6 Å². The van der Waals surface area contributed by atoms with Crippen LogP contribution in [0.15, 0.2) is 22.7 Å². The summed E-state index contributed by atoms with van der Waals surface area (Å²) < 4.78 is 0.767. The summed E-state index contributed by atoms with van der Waals surface area (Å²) in [7, 11) is 0. The highest BCUT2D eigenvalue weighted by atomic mass is 79.9. The normalized spacial score (nSPS) is 15.2. The van der Waals surface area contributed by atoms with Crippen LogP contribution < -0.4 is 0 Å². The Morgan fingerprint density at radius 1 is 1.36 bits per heavy atom. The maximum atomic E-state index is 9.65. The van der Waals surface area contributed by atoms with Crippen molar-refractivity contribution < 1.29 is 10.2 Å². The molecule has 14 heavy (non-hydrogen) atoms. The Hall–Kier alpha value is 0.390. The zero-order chi connectivity index (χ0) is 10.7. The van der Waals surface area contributed by atoms with E-state index in [1.807, 2.05) is 0 Å². The predicted octanol–water partition coefficient (Wildman–Crippen LogP) is 2.89. The van der Waals surface area contributed by atoms with Crippen molar-refractivity contribution in [3.8, 4) is 0 Å². The molecule has 0 bridgehead atoms. The minimum Gasteiger partial charge on any atom is -0.389 e. The highest BCUT2D eigenvalue weighted by Crippen LogP contribution is 2.27.